The van der Waals surface area contributed by atoms with Crippen LogP contribution in [0.2, 0.25) is 5.02 Å². The summed E-state index contributed by atoms with van der Waals surface area (Å²) in [7, 11) is 0. The molecule has 132 valence electrons. The normalized spacial score (nSPS) is 10.5. The van der Waals surface area contributed by atoms with Crippen molar-refractivity contribution >= 4 is 52.0 Å². The molecule has 0 aliphatic rings. The van der Waals surface area contributed by atoms with Crippen molar-refractivity contribution in [3.8, 4) is 0 Å². The van der Waals surface area contributed by atoms with E-state index in [1.165, 1.54) is 23.9 Å². The smallest absolute Gasteiger partial charge is 0.270 e. The number of aryl methyl sites for hydroxylation is 1. The summed E-state index contributed by atoms with van der Waals surface area (Å²) in [5.74, 6) is -0.505. The molecule has 0 atom stereocenters. The van der Waals surface area contributed by atoms with E-state index in [9.17, 15) is 14.9 Å². The molecule has 9 heteroatoms. The fraction of sp³-hybridized carbons (Fsp3) is 0.0588. The van der Waals surface area contributed by atoms with Crippen LogP contribution in [-0.4, -0.2) is 15.8 Å². The van der Waals surface area contributed by atoms with E-state index in [1.54, 1.807) is 23.5 Å². The van der Waals surface area contributed by atoms with Crippen molar-refractivity contribution in [2.24, 2.45) is 0 Å². The molecule has 0 saturated carbocycles. The highest BCUT2D eigenvalue weighted by Crippen LogP contribution is 2.31. The lowest BCUT2D eigenvalue weighted by molar-refractivity contribution is -0.384. The number of non-ortho nitro benzene ring substituents is 1. The maximum absolute atomic E-state index is 12.4. The first-order valence-corrected chi connectivity index (χ1v) is 9.45. The lowest BCUT2D eigenvalue weighted by Gasteiger charge is -2.07. The van der Waals surface area contributed by atoms with Crippen LogP contribution < -0.4 is 5.32 Å². The molecule has 0 unspecified atom stereocenters. The number of carbonyl (C=O) groups excluding carboxylic acids is 1. The number of nitrogens with one attached hydrogen (secondary N) is 1. The molecule has 6 nitrogen and oxygen atoms in total. The second-order valence-corrected chi connectivity index (χ2v) is 7.84. The molecule has 1 heterocycles. The lowest BCUT2D eigenvalue weighted by atomic mass is 10.2. The highest BCUT2D eigenvalue weighted by Gasteiger charge is 2.16. The molecule has 1 aromatic heterocycles. The van der Waals surface area contributed by atoms with Gasteiger partial charge < -0.3 is 5.32 Å². The Kier molecular flexibility index (Phi) is 5.55. The quantitative estimate of drug-likeness (QED) is 0.452. The van der Waals surface area contributed by atoms with Gasteiger partial charge in [-0.3, -0.25) is 14.9 Å². The Balaban J connectivity index is 1.72. The Morgan fingerprint density at radius 1 is 1.27 bits per heavy atom. The van der Waals surface area contributed by atoms with Gasteiger partial charge in [-0.2, -0.15) is 0 Å². The fourth-order valence-electron chi connectivity index (χ4n) is 2.09. The number of rotatable bonds is 5. The van der Waals surface area contributed by atoms with Gasteiger partial charge in [-0.05, 0) is 37.3 Å². The van der Waals surface area contributed by atoms with E-state index >= 15 is 0 Å². The summed E-state index contributed by atoms with van der Waals surface area (Å²) < 4.78 is 0.947. The molecule has 0 bridgehead atoms. The van der Waals surface area contributed by atoms with E-state index in [2.05, 4.69) is 10.3 Å². The number of hydrogen-bond acceptors (Lipinski definition) is 6. The van der Waals surface area contributed by atoms with Crippen LogP contribution in [0.25, 0.3) is 0 Å². The van der Waals surface area contributed by atoms with E-state index in [0.717, 1.165) is 21.0 Å². The SMILES string of the molecule is Cc1csc(Sc2ccc(NC(=O)c3cc([N+](=O)[O-])ccc3Cl)cc2)n1. The van der Waals surface area contributed by atoms with E-state index in [-0.39, 0.29) is 16.3 Å². The van der Waals surface area contributed by atoms with Crippen molar-refractivity contribution in [3.63, 3.8) is 0 Å². The summed E-state index contributed by atoms with van der Waals surface area (Å²) in [5, 5.41) is 15.7. The zero-order valence-electron chi connectivity index (χ0n) is 13.4. The van der Waals surface area contributed by atoms with Gasteiger partial charge in [-0.15, -0.1) is 11.3 Å². The van der Waals surface area contributed by atoms with E-state index in [1.807, 2.05) is 24.4 Å². The second kappa shape index (κ2) is 7.86. The van der Waals surface area contributed by atoms with Crippen LogP contribution in [0.15, 0.2) is 57.1 Å². The number of aromatic nitrogens is 1. The van der Waals surface area contributed by atoms with E-state index in [0.29, 0.717) is 5.69 Å². The van der Waals surface area contributed by atoms with Gasteiger partial charge in [-0.25, -0.2) is 4.98 Å². The zero-order valence-corrected chi connectivity index (χ0v) is 15.8. The van der Waals surface area contributed by atoms with Crippen molar-refractivity contribution in [3.05, 3.63) is 74.2 Å². The molecule has 3 rings (SSSR count). The predicted octanol–water partition coefficient (Wildman–Crippen LogP) is 5.42. The van der Waals surface area contributed by atoms with Gasteiger partial charge in [0.15, 0.2) is 4.34 Å². The van der Waals surface area contributed by atoms with Gasteiger partial charge in [-0.1, -0.05) is 23.4 Å². The summed E-state index contributed by atoms with van der Waals surface area (Å²) in [5.41, 5.74) is 1.41. The summed E-state index contributed by atoms with van der Waals surface area (Å²) >= 11 is 9.10. The Hall–Kier alpha value is -2.42. The monoisotopic (exact) mass is 405 g/mol. The summed E-state index contributed by atoms with van der Waals surface area (Å²) in [4.78, 5) is 28.0. The Bertz CT molecular complexity index is 974. The molecule has 3 aromatic rings. The average molecular weight is 406 g/mol. The van der Waals surface area contributed by atoms with Crippen LogP contribution >= 0.6 is 34.7 Å². The largest absolute Gasteiger partial charge is 0.322 e. The first-order chi connectivity index (χ1) is 12.4. The predicted molar refractivity (Wildman–Crippen MR) is 103 cm³/mol. The van der Waals surface area contributed by atoms with Crippen LogP contribution in [-0.2, 0) is 0 Å². The molecule has 0 fully saturated rings. The number of nitrogens with zero attached hydrogens (tertiary/aromatic N) is 2. The maximum Gasteiger partial charge on any atom is 0.270 e. The van der Waals surface area contributed by atoms with Gasteiger partial charge in [0.05, 0.1) is 15.5 Å². The minimum atomic E-state index is -0.570. The first kappa shape index (κ1) is 18.4. The molecule has 0 aliphatic heterocycles. The lowest BCUT2D eigenvalue weighted by Crippen LogP contribution is -2.12. The number of carbonyl (C=O) groups is 1. The van der Waals surface area contributed by atoms with E-state index < -0.39 is 10.8 Å². The third-order valence-corrected chi connectivity index (χ3v) is 5.71. The molecular formula is C17H12ClN3O3S2. The van der Waals surface area contributed by atoms with Crippen molar-refractivity contribution in [2.75, 3.05) is 5.32 Å². The number of amides is 1. The number of hydrogen-bond donors (Lipinski definition) is 1. The average Bonchev–Trinajstić information content (AvgIpc) is 3.01. The topological polar surface area (TPSA) is 85.1 Å². The van der Waals surface area contributed by atoms with Crippen molar-refractivity contribution in [2.45, 2.75) is 16.2 Å². The number of halogens is 1. The second-order valence-electron chi connectivity index (χ2n) is 5.26. The third kappa shape index (κ3) is 4.40. The van der Waals surface area contributed by atoms with Gasteiger partial charge in [0.1, 0.15) is 0 Å². The Morgan fingerprint density at radius 2 is 2.00 bits per heavy atom. The molecule has 0 radical (unpaired) electrons. The summed E-state index contributed by atoms with van der Waals surface area (Å²) in [6.45, 7) is 1.94. The summed E-state index contributed by atoms with van der Waals surface area (Å²) in [6, 6.07) is 11.0. The van der Waals surface area contributed by atoms with Crippen LogP contribution in [0, 0.1) is 17.0 Å². The van der Waals surface area contributed by atoms with Gasteiger partial charge in [0.2, 0.25) is 0 Å². The molecule has 0 saturated heterocycles. The van der Waals surface area contributed by atoms with E-state index in [4.69, 9.17) is 11.6 Å². The Labute approximate surface area is 162 Å². The van der Waals surface area contributed by atoms with Crippen molar-refractivity contribution < 1.29 is 9.72 Å². The van der Waals surface area contributed by atoms with Crippen molar-refractivity contribution in [1.82, 2.24) is 4.98 Å². The first-order valence-electron chi connectivity index (χ1n) is 7.38. The van der Waals surface area contributed by atoms with Gasteiger partial charge in [0, 0.05) is 33.8 Å². The Morgan fingerprint density at radius 3 is 2.62 bits per heavy atom. The number of benzene rings is 2. The number of nitro groups is 1. The maximum atomic E-state index is 12.4. The third-order valence-electron chi connectivity index (χ3n) is 3.32. The zero-order chi connectivity index (χ0) is 18.7. The van der Waals surface area contributed by atoms with Crippen LogP contribution in [0.5, 0.6) is 0 Å². The highest BCUT2D eigenvalue weighted by atomic mass is 35.5. The molecule has 2 aromatic carbocycles. The van der Waals surface area contributed by atoms with Crippen LogP contribution in [0.1, 0.15) is 16.1 Å². The molecule has 1 amide bonds. The minimum absolute atomic E-state index is 0.0533. The number of anilines is 1. The number of thiazole rings is 1. The highest BCUT2D eigenvalue weighted by molar-refractivity contribution is 8.01. The van der Waals surface area contributed by atoms with Crippen LogP contribution in [0.4, 0.5) is 11.4 Å². The molecule has 0 spiro atoms. The molecule has 26 heavy (non-hydrogen) atoms. The van der Waals surface area contributed by atoms with Gasteiger partial charge >= 0.3 is 0 Å². The fourth-order valence-corrected chi connectivity index (χ4v) is 4.10. The minimum Gasteiger partial charge on any atom is -0.322 e. The molecule has 0 aliphatic carbocycles. The number of nitro benzene ring substituents is 1. The van der Waals surface area contributed by atoms with Crippen molar-refractivity contribution in [1.29, 1.82) is 0 Å². The van der Waals surface area contributed by atoms with Gasteiger partial charge in [0.25, 0.3) is 11.6 Å². The molecule has 1 N–H and O–H groups in total. The van der Waals surface area contributed by atoms with Crippen LogP contribution in [0.3, 0.4) is 0 Å². The standard InChI is InChI=1S/C17H12ClN3O3S2/c1-10-9-25-17(19-10)26-13-5-2-11(3-6-13)20-16(22)14-8-12(21(23)24)4-7-15(14)18/h2-9H,1H3,(H,20,22). The molecular weight excluding hydrogens is 394 g/mol. The summed E-state index contributed by atoms with van der Waals surface area (Å²) in [6.07, 6.45) is 0.